The van der Waals surface area contributed by atoms with E-state index in [1.807, 2.05) is 24.3 Å². The van der Waals surface area contributed by atoms with Gasteiger partial charge in [-0.15, -0.1) is 0 Å². The van der Waals surface area contributed by atoms with Gasteiger partial charge < -0.3 is 15.4 Å². The lowest BCUT2D eigenvalue weighted by atomic mass is 10.1. The maximum atomic E-state index is 11.9. The number of primary sulfonamides is 1. The van der Waals surface area contributed by atoms with Gasteiger partial charge in [-0.2, -0.15) is 0 Å². The molecular weight excluding hydrogens is 342 g/mol. The van der Waals surface area contributed by atoms with Gasteiger partial charge in [0.25, 0.3) is 0 Å². The Morgan fingerprint density at radius 3 is 2.44 bits per heavy atom. The molecule has 0 heterocycles. The minimum absolute atomic E-state index is 0.0706. The molecule has 0 bridgehead atoms. The van der Waals surface area contributed by atoms with Gasteiger partial charge in [-0.05, 0) is 36.2 Å². The minimum atomic E-state index is -3.68. The Kier molecular flexibility index (Phi) is 6.37. The molecule has 25 heavy (non-hydrogen) atoms. The van der Waals surface area contributed by atoms with Crippen LogP contribution in [0.15, 0.2) is 53.4 Å². The molecule has 0 aliphatic heterocycles. The molecule has 134 valence electrons. The SMILES string of the molecule is COc1ccccc1NCC(=O)NCCc1ccc(S(N)(=O)=O)cc1. The van der Waals surface area contributed by atoms with Crippen molar-refractivity contribution in [2.24, 2.45) is 5.14 Å². The standard InChI is InChI=1S/C17H21N3O4S/c1-24-16-5-3-2-4-15(16)20-12-17(21)19-11-10-13-6-8-14(9-7-13)25(18,22)23/h2-9,20H,10-12H2,1H3,(H,19,21)(H2,18,22,23). The van der Waals surface area contributed by atoms with Gasteiger partial charge in [0.05, 0.1) is 24.2 Å². The number of ether oxygens (including phenoxy) is 1. The first kappa shape index (κ1) is 18.8. The third kappa shape index (κ3) is 5.77. The Hall–Kier alpha value is -2.58. The molecule has 0 spiro atoms. The number of amides is 1. The van der Waals surface area contributed by atoms with Crippen molar-refractivity contribution in [3.8, 4) is 5.75 Å². The van der Waals surface area contributed by atoms with Crippen molar-refractivity contribution >= 4 is 21.6 Å². The lowest BCUT2D eigenvalue weighted by Crippen LogP contribution is -2.31. The molecule has 0 aromatic heterocycles. The van der Waals surface area contributed by atoms with Crippen LogP contribution in [0.3, 0.4) is 0 Å². The highest BCUT2D eigenvalue weighted by Gasteiger charge is 2.07. The number of anilines is 1. The van der Waals surface area contributed by atoms with E-state index in [1.54, 1.807) is 19.2 Å². The van der Waals surface area contributed by atoms with E-state index >= 15 is 0 Å². The summed E-state index contributed by atoms with van der Waals surface area (Å²) in [4.78, 5) is 12.0. The molecule has 1 amide bonds. The molecule has 0 saturated heterocycles. The summed E-state index contributed by atoms with van der Waals surface area (Å²) >= 11 is 0. The van der Waals surface area contributed by atoms with Crippen LogP contribution in [-0.4, -0.2) is 34.5 Å². The molecule has 0 aliphatic rings. The van der Waals surface area contributed by atoms with Gasteiger partial charge in [0, 0.05) is 6.54 Å². The maximum Gasteiger partial charge on any atom is 0.239 e. The fourth-order valence-corrected chi connectivity index (χ4v) is 2.74. The third-order valence-electron chi connectivity index (χ3n) is 3.53. The van der Waals surface area contributed by atoms with Crippen molar-refractivity contribution in [1.82, 2.24) is 5.32 Å². The number of rotatable bonds is 8. The minimum Gasteiger partial charge on any atom is -0.495 e. The van der Waals surface area contributed by atoms with Gasteiger partial charge >= 0.3 is 0 Å². The monoisotopic (exact) mass is 363 g/mol. The maximum absolute atomic E-state index is 11.9. The van der Waals surface area contributed by atoms with Crippen LogP contribution < -0.4 is 20.5 Å². The lowest BCUT2D eigenvalue weighted by molar-refractivity contribution is -0.119. The summed E-state index contributed by atoms with van der Waals surface area (Å²) in [7, 11) is -2.11. The van der Waals surface area contributed by atoms with E-state index in [2.05, 4.69) is 10.6 Å². The molecule has 4 N–H and O–H groups in total. The molecule has 0 atom stereocenters. The summed E-state index contributed by atoms with van der Waals surface area (Å²) in [5.41, 5.74) is 1.66. The predicted molar refractivity (Wildman–Crippen MR) is 96.0 cm³/mol. The zero-order valence-corrected chi connectivity index (χ0v) is 14.7. The molecular formula is C17H21N3O4S. The average Bonchev–Trinajstić information content (AvgIpc) is 2.60. The van der Waals surface area contributed by atoms with Crippen molar-refractivity contribution < 1.29 is 17.9 Å². The van der Waals surface area contributed by atoms with E-state index in [4.69, 9.17) is 9.88 Å². The van der Waals surface area contributed by atoms with Crippen LogP contribution in [-0.2, 0) is 21.2 Å². The molecule has 0 saturated carbocycles. The number of benzene rings is 2. The molecule has 0 unspecified atom stereocenters. The van der Waals surface area contributed by atoms with Crippen LogP contribution in [0.25, 0.3) is 0 Å². The van der Waals surface area contributed by atoms with Crippen molar-refractivity contribution in [3.63, 3.8) is 0 Å². The smallest absolute Gasteiger partial charge is 0.239 e. The van der Waals surface area contributed by atoms with Gasteiger partial charge in [0.1, 0.15) is 5.75 Å². The van der Waals surface area contributed by atoms with Gasteiger partial charge in [0.2, 0.25) is 15.9 Å². The van der Waals surface area contributed by atoms with E-state index in [9.17, 15) is 13.2 Å². The average molecular weight is 363 g/mol. The highest BCUT2D eigenvalue weighted by Crippen LogP contribution is 2.22. The second-order valence-corrected chi connectivity index (χ2v) is 6.90. The number of nitrogens with two attached hydrogens (primary N) is 1. The van der Waals surface area contributed by atoms with Crippen LogP contribution in [0.1, 0.15) is 5.56 Å². The molecule has 2 aromatic rings. The number of sulfonamides is 1. The van der Waals surface area contributed by atoms with Crippen molar-refractivity contribution in [1.29, 1.82) is 0 Å². The van der Waals surface area contributed by atoms with E-state index in [0.29, 0.717) is 18.7 Å². The van der Waals surface area contributed by atoms with E-state index in [-0.39, 0.29) is 17.3 Å². The largest absolute Gasteiger partial charge is 0.495 e. The Bertz CT molecular complexity index is 820. The number of carbonyl (C=O) groups is 1. The summed E-state index contributed by atoms with van der Waals surface area (Å²) in [5, 5.41) is 10.9. The number of carbonyl (C=O) groups excluding carboxylic acids is 1. The summed E-state index contributed by atoms with van der Waals surface area (Å²) in [6.45, 7) is 0.575. The summed E-state index contributed by atoms with van der Waals surface area (Å²) < 4.78 is 27.6. The van der Waals surface area contributed by atoms with Crippen LogP contribution in [0.2, 0.25) is 0 Å². The van der Waals surface area contributed by atoms with Gasteiger partial charge in [0.15, 0.2) is 0 Å². The molecule has 0 radical (unpaired) electrons. The van der Waals surface area contributed by atoms with Crippen molar-refractivity contribution in [3.05, 3.63) is 54.1 Å². The highest BCUT2D eigenvalue weighted by molar-refractivity contribution is 7.89. The number of hydrogen-bond donors (Lipinski definition) is 3. The first-order valence-electron chi connectivity index (χ1n) is 7.65. The Balaban J connectivity index is 1.77. The van der Waals surface area contributed by atoms with Crippen LogP contribution in [0.4, 0.5) is 5.69 Å². The normalized spacial score (nSPS) is 11.0. The first-order valence-corrected chi connectivity index (χ1v) is 9.20. The second kappa shape index (κ2) is 8.50. The highest BCUT2D eigenvalue weighted by atomic mass is 32.2. The van der Waals surface area contributed by atoms with Gasteiger partial charge in [-0.3, -0.25) is 4.79 Å². The van der Waals surface area contributed by atoms with E-state index in [1.165, 1.54) is 12.1 Å². The fourth-order valence-electron chi connectivity index (χ4n) is 2.22. The molecule has 0 fully saturated rings. The first-order chi connectivity index (χ1) is 11.9. The molecule has 0 aliphatic carbocycles. The van der Waals surface area contributed by atoms with Crippen LogP contribution >= 0.6 is 0 Å². The predicted octanol–water partition coefficient (Wildman–Crippen LogP) is 1.11. The quantitative estimate of drug-likeness (QED) is 0.651. The van der Waals surface area contributed by atoms with Gasteiger partial charge in [-0.25, -0.2) is 13.6 Å². The van der Waals surface area contributed by atoms with E-state index < -0.39 is 10.0 Å². The number of hydrogen-bond acceptors (Lipinski definition) is 5. The van der Waals surface area contributed by atoms with Crippen LogP contribution in [0, 0.1) is 0 Å². The summed E-state index contributed by atoms with van der Waals surface area (Å²) in [6, 6.07) is 13.6. The second-order valence-electron chi connectivity index (χ2n) is 5.34. The van der Waals surface area contributed by atoms with Gasteiger partial charge in [-0.1, -0.05) is 24.3 Å². The van der Waals surface area contributed by atoms with Crippen LogP contribution in [0.5, 0.6) is 5.75 Å². The van der Waals surface area contributed by atoms with Crippen molar-refractivity contribution in [2.45, 2.75) is 11.3 Å². The molecule has 7 nitrogen and oxygen atoms in total. The third-order valence-corrected chi connectivity index (χ3v) is 4.46. The summed E-state index contributed by atoms with van der Waals surface area (Å²) in [6.07, 6.45) is 0.589. The van der Waals surface area contributed by atoms with Crippen molar-refractivity contribution in [2.75, 3.05) is 25.5 Å². The zero-order valence-electron chi connectivity index (χ0n) is 13.9. The molecule has 8 heteroatoms. The van der Waals surface area contributed by atoms with E-state index in [0.717, 1.165) is 11.3 Å². The summed E-state index contributed by atoms with van der Waals surface area (Å²) in [5.74, 6) is 0.525. The Morgan fingerprint density at radius 1 is 1.12 bits per heavy atom. The number of para-hydroxylation sites is 2. The lowest BCUT2D eigenvalue weighted by Gasteiger charge is -2.11. The fraction of sp³-hybridized carbons (Fsp3) is 0.235. The topological polar surface area (TPSA) is 111 Å². The zero-order chi connectivity index (χ0) is 18.3. The Labute approximate surface area is 147 Å². The number of methoxy groups -OCH3 is 1. The molecule has 2 aromatic carbocycles. The molecule has 2 rings (SSSR count). The number of nitrogens with one attached hydrogen (secondary N) is 2. The Morgan fingerprint density at radius 2 is 1.80 bits per heavy atom.